The maximum Gasteiger partial charge on any atom is 0.410 e. The molecule has 3 rings (SSSR count). The van der Waals surface area contributed by atoms with Gasteiger partial charge in [0.15, 0.2) is 0 Å². The van der Waals surface area contributed by atoms with Crippen LogP contribution < -0.4 is 5.73 Å². The van der Waals surface area contributed by atoms with Gasteiger partial charge in [0.25, 0.3) is 0 Å². The summed E-state index contributed by atoms with van der Waals surface area (Å²) in [6, 6.07) is 19.8. The highest BCUT2D eigenvalue weighted by Crippen LogP contribution is 2.34. The van der Waals surface area contributed by atoms with Gasteiger partial charge >= 0.3 is 6.09 Å². The molecule has 2 N–H and O–H groups in total. The highest BCUT2D eigenvalue weighted by molar-refractivity contribution is 5.69. The lowest BCUT2D eigenvalue weighted by molar-refractivity contribution is 0.0501. The number of likely N-dealkylation sites (tertiary alicyclic amines) is 1. The largest absolute Gasteiger partial charge is 0.445 e. The van der Waals surface area contributed by atoms with Gasteiger partial charge in [-0.05, 0) is 30.9 Å². The van der Waals surface area contributed by atoms with E-state index in [1.54, 1.807) is 4.90 Å². The first kappa shape index (κ1) is 16.5. The van der Waals surface area contributed by atoms with Crippen molar-refractivity contribution < 1.29 is 9.53 Å². The smallest absolute Gasteiger partial charge is 0.410 e. The zero-order chi connectivity index (χ0) is 17.0. The van der Waals surface area contributed by atoms with Crippen LogP contribution in [0.3, 0.4) is 0 Å². The lowest BCUT2D eigenvalue weighted by Gasteiger charge is -2.43. The predicted octanol–water partition coefficient (Wildman–Crippen LogP) is 3.88. The molecule has 1 aliphatic rings. The van der Waals surface area contributed by atoms with Crippen LogP contribution in [-0.4, -0.2) is 23.1 Å². The molecule has 2 atom stereocenters. The number of ether oxygens (including phenoxy) is 1. The maximum atomic E-state index is 12.7. The lowest BCUT2D eigenvalue weighted by atomic mass is 9.85. The van der Waals surface area contributed by atoms with Gasteiger partial charge in [0.2, 0.25) is 0 Å². The summed E-state index contributed by atoms with van der Waals surface area (Å²) in [4.78, 5) is 14.5. The molecule has 1 amide bonds. The minimum Gasteiger partial charge on any atom is -0.445 e. The second-order valence-corrected chi connectivity index (χ2v) is 6.79. The van der Waals surface area contributed by atoms with Gasteiger partial charge in [-0.25, -0.2) is 4.79 Å². The van der Waals surface area contributed by atoms with Crippen LogP contribution >= 0.6 is 0 Å². The molecule has 1 aliphatic heterocycles. The van der Waals surface area contributed by atoms with E-state index in [-0.39, 0.29) is 24.3 Å². The molecule has 0 aliphatic carbocycles. The number of carbonyl (C=O) groups is 1. The van der Waals surface area contributed by atoms with E-state index in [0.29, 0.717) is 6.54 Å². The molecule has 1 saturated heterocycles. The summed E-state index contributed by atoms with van der Waals surface area (Å²) in [5.74, 6) is 0. The Morgan fingerprint density at radius 2 is 1.79 bits per heavy atom. The van der Waals surface area contributed by atoms with Crippen molar-refractivity contribution >= 4 is 6.09 Å². The standard InChI is InChI=1S/C20H24N2O2/c1-20(21)13-12-18(17-10-6-3-7-11-17)22(15-20)19(23)24-14-16-8-4-2-5-9-16/h2-11,18H,12-15,21H2,1H3/t18-,20-/m0/s1. The fourth-order valence-corrected chi connectivity index (χ4v) is 3.22. The second-order valence-electron chi connectivity index (χ2n) is 6.79. The van der Waals surface area contributed by atoms with Crippen LogP contribution in [0.2, 0.25) is 0 Å². The predicted molar refractivity (Wildman–Crippen MR) is 94.3 cm³/mol. The second kappa shape index (κ2) is 7.05. The Labute approximate surface area is 143 Å². The van der Waals surface area contributed by atoms with Gasteiger partial charge in [0, 0.05) is 12.1 Å². The number of nitrogens with zero attached hydrogens (tertiary/aromatic N) is 1. The molecule has 0 bridgehead atoms. The number of piperidine rings is 1. The average Bonchev–Trinajstić information content (AvgIpc) is 2.60. The molecule has 0 saturated carbocycles. The molecule has 24 heavy (non-hydrogen) atoms. The Bertz CT molecular complexity index is 671. The third kappa shape index (κ3) is 3.95. The molecule has 0 unspecified atom stereocenters. The first-order chi connectivity index (χ1) is 11.6. The van der Waals surface area contributed by atoms with Gasteiger partial charge in [-0.2, -0.15) is 0 Å². The number of amides is 1. The highest BCUT2D eigenvalue weighted by atomic mass is 16.6. The van der Waals surface area contributed by atoms with Crippen molar-refractivity contribution in [2.75, 3.05) is 6.54 Å². The minimum absolute atomic E-state index is 0.0195. The van der Waals surface area contributed by atoms with Crippen molar-refractivity contribution in [1.82, 2.24) is 4.90 Å². The van der Waals surface area contributed by atoms with Crippen LogP contribution in [0.4, 0.5) is 4.79 Å². The molecule has 1 fully saturated rings. The van der Waals surface area contributed by atoms with Crippen molar-refractivity contribution in [3.63, 3.8) is 0 Å². The molecule has 126 valence electrons. The molecule has 1 heterocycles. The Morgan fingerprint density at radius 1 is 1.17 bits per heavy atom. The quantitative estimate of drug-likeness (QED) is 0.932. The SMILES string of the molecule is C[C@]1(N)CC[C@@H](c2ccccc2)N(C(=O)OCc2ccccc2)C1. The van der Waals surface area contributed by atoms with Gasteiger partial charge < -0.3 is 10.5 Å². The monoisotopic (exact) mass is 324 g/mol. The molecule has 2 aromatic carbocycles. The molecular formula is C20H24N2O2. The number of carbonyl (C=O) groups excluding carboxylic acids is 1. The fraction of sp³-hybridized carbons (Fsp3) is 0.350. The van der Waals surface area contributed by atoms with Crippen LogP contribution in [0.25, 0.3) is 0 Å². The molecule has 0 aromatic heterocycles. The summed E-state index contributed by atoms with van der Waals surface area (Å²) in [7, 11) is 0. The van der Waals surface area contributed by atoms with Crippen LogP contribution in [0.5, 0.6) is 0 Å². The van der Waals surface area contributed by atoms with E-state index in [1.165, 1.54) is 0 Å². The summed E-state index contributed by atoms with van der Waals surface area (Å²) in [6.07, 6.45) is 1.43. The van der Waals surface area contributed by atoms with E-state index < -0.39 is 0 Å². The third-order valence-electron chi connectivity index (χ3n) is 4.52. The van der Waals surface area contributed by atoms with Gasteiger partial charge in [-0.15, -0.1) is 0 Å². The van der Waals surface area contributed by atoms with Crippen molar-refractivity contribution in [3.05, 3.63) is 71.8 Å². The zero-order valence-electron chi connectivity index (χ0n) is 14.0. The number of nitrogens with two attached hydrogens (primary N) is 1. The van der Waals surface area contributed by atoms with E-state index >= 15 is 0 Å². The fourth-order valence-electron chi connectivity index (χ4n) is 3.22. The molecule has 4 nitrogen and oxygen atoms in total. The molecule has 0 spiro atoms. The van der Waals surface area contributed by atoms with Gasteiger partial charge in [0.05, 0.1) is 6.04 Å². The summed E-state index contributed by atoms with van der Waals surface area (Å²) < 4.78 is 5.54. The molecular weight excluding hydrogens is 300 g/mol. The first-order valence-electron chi connectivity index (χ1n) is 8.36. The Hall–Kier alpha value is -2.33. The Kier molecular flexibility index (Phi) is 4.86. The summed E-state index contributed by atoms with van der Waals surface area (Å²) in [5, 5.41) is 0. The van der Waals surface area contributed by atoms with Crippen molar-refractivity contribution in [1.29, 1.82) is 0 Å². The van der Waals surface area contributed by atoms with Crippen LogP contribution in [-0.2, 0) is 11.3 Å². The summed E-state index contributed by atoms with van der Waals surface area (Å²) in [5.41, 5.74) is 8.04. The zero-order valence-corrected chi connectivity index (χ0v) is 14.0. The topological polar surface area (TPSA) is 55.6 Å². The number of hydrogen-bond donors (Lipinski definition) is 1. The van der Waals surface area contributed by atoms with Crippen molar-refractivity contribution in [2.45, 2.75) is 38.0 Å². The number of rotatable bonds is 3. The normalized spacial score (nSPS) is 23.8. The Balaban J connectivity index is 1.74. The van der Waals surface area contributed by atoms with Crippen molar-refractivity contribution in [3.8, 4) is 0 Å². The maximum absolute atomic E-state index is 12.7. The molecule has 4 heteroatoms. The van der Waals surface area contributed by atoms with Crippen LogP contribution in [0, 0.1) is 0 Å². The van der Waals surface area contributed by atoms with E-state index in [2.05, 4.69) is 12.1 Å². The first-order valence-corrected chi connectivity index (χ1v) is 8.36. The third-order valence-corrected chi connectivity index (χ3v) is 4.52. The van der Waals surface area contributed by atoms with E-state index in [4.69, 9.17) is 10.5 Å². The van der Waals surface area contributed by atoms with Crippen molar-refractivity contribution in [2.24, 2.45) is 5.73 Å². The van der Waals surface area contributed by atoms with Crippen LogP contribution in [0.15, 0.2) is 60.7 Å². The minimum atomic E-state index is -0.378. The van der Waals surface area contributed by atoms with Gasteiger partial charge in [-0.1, -0.05) is 60.7 Å². The van der Waals surface area contributed by atoms with E-state index in [9.17, 15) is 4.79 Å². The lowest BCUT2D eigenvalue weighted by Crippen LogP contribution is -2.54. The average molecular weight is 324 g/mol. The van der Waals surface area contributed by atoms with E-state index in [1.807, 2.05) is 55.5 Å². The summed E-state index contributed by atoms with van der Waals surface area (Å²) >= 11 is 0. The Morgan fingerprint density at radius 3 is 2.46 bits per heavy atom. The molecule has 0 radical (unpaired) electrons. The summed E-state index contributed by atoms with van der Waals surface area (Å²) in [6.45, 7) is 2.77. The van der Waals surface area contributed by atoms with Gasteiger partial charge in [0.1, 0.15) is 6.61 Å². The van der Waals surface area contributed by atoms with Gasteiger partial charge in [-0.3, -0.25) is 4.90 Å². The number of hydrogen-bond acceptors (Lipinski definition) is 3. The highest BCUT2D eigenvalue weighted by Gasteiger charge is 2.37. The van der Waals surface area contributed by atoms with E-state index in [0.717, 1.165) is 24.0 Å². The molecule has 2 aromatic rings. The number of benzene rings is 2. The van der Waals surface area contributed by atoms with Crippen LogP contribution in [0.1, 0.15) is 36.9 Å².